The summed E-state index contributed by atoms with van der Waals surface area (Å²) in [5.74, 6) is -4.79. The zero-order valence-electron chi connectivity index (χ0n) is 27.9. The minimum absolute atomic E-state index is 0.0624. The molecule has 1 aliphatic heterocycles. The summed E-state index contributed by atoms with van der Waals surface area (Å²) in [5, 5.41) is 9.98. The van der Waals surface area contributed by atoms with Crippen molar-refractivity contribution in [2.45, 2.75) is 111 Å². The van der Waals surface area contributed by atoms with Crippen LogP contribution in [-0.2, 0) is 24.0 Å². The number of nitrogens with one attached hydrogen (secondary N) is 4. The molecule has 0 radical (unpaired) electrons. The van der Waals surface area contributed by atoms with Crippen molar-refractivity contribution < 1.29 is 41.9 Å². The fourth-order valence-corrected chi connectivity index (χ4v) is 5.66. The molecule has 1 heterocycles. The molecule has 0 bridgehead atoms. The number of urea groups is 1. The van der Waals surface area contributed by atoms with Gasteiger partial charge in [0, 0.05) is 25.4 Å². The molecule has 2 fully saturated rings. The van der Waals surface area contributed by atoms with Gasteiger partial charge in [0.15, 0.2) is 5.78 Å². The number of halogens is 3. The maximum Gasteiger partial charge on any atom is 0.389 e. The Kier molecular flexibility index (Phi) is 13.4. The first kappa shape index (κ1) is 38.7. The van der Waals surface area contributed by atoms with Crippen molar-refractivity contribution in [1.29, 1.82) is 0 Å². The molecule has 1 unspecified atom stereocenters. The highest BCUT2D eigenvalue weighted by atomic mass is 19.4. The fourth-order valence-electron chi connectivity index (χ4n) is 5.66. The van der Waals surface area contributed by atoms with E-state index >= 15 is 0 Å². The van der Waals surface area contributed by atoms with E-state index in [0.717, 1.165) is 12.8 Å². The number of hydrogen-bond donors (Lipinski definition) is 4. The van der Waals surface area contributed by atoms with Gasteiger partial charge in [-0.15, -0.1) is 6.58 Å². The SMILES string of the molecule is C=CCNC(=O)C(=O)C(CCC(F)(F)F)NC(=O)[C@@H]1[C@@H](C(C)C)CCN1C(=O)[C@@H](NC(=O)N[C@H](C(=O)C1CC1)C(C)C)C(C)(C)C. The average molecular weight is 658 g/mol. The highest BCUT2D eigenvalue weighted by Gasteiger charge is 2.48. The van der Waals surface area contributed by atoms with Crippen molar-refractivity contribution in [1.82, 2.24) is 26.2 Å². The molecule has 1 saturated heterocycles. The Bertz CT molecular complexity index is 1160. The van der Waals surface area contributed by atoms with E-state index in [4.69, 9.17) is 0 Å². The molecular formula is C32H50F3N5O6. The van der Waals surface area contributed by atoms with E-state index in [9.17, 15) is 41.9 Å². The molecule has 5 amide bonds. The average Bonchev–Trinajstić information content (AvgIpc) is 3.70. The van der Waals surface area contributed by atoms with E-state index in [1.54, 1.807) is 20.8 Å². The molecule has 1 saturated carbocycles. The first-order valence-corrected chi connectivity index (χ1v) is 15.9. The third-order valence-electron chi connectivity index (χ3n) is 8.46. The molecule has 0 aromatic rings. The lowest BCUT2D eigenvalue weighted by Crippen LogP contribution is -2.62. The number of ketones is 2. The van der Waals surface area contributed by atoms with Gasteiger partial charge in [-0.1, -0.05) is 54.5 Å². The maximum atomic E-state index is 14.1. The van der Waals surface area contributed by atoms with Crippen molar-refractivity contribution in [3.8, 4) is 0 Å². The number of likely N-dealkylation sites (tertiary alicyclic amines) is 1. The molecule has 0 spiro atoms. The predicted octanol–water partition coefficient (Wildman–Crippen LogP) is 3.28. The first-order valence-electron chi connectivity index (χ1n) is 15.9. The van der Waals surface area contributed by atoms with Crippen molar-refractivity contribution in [3.05, 3.63) is 12.7 Å². The minimum atomic E-state index is -4.65. The summed E-state index contributed by atoms with van der Waals surface area (Å²) < 4.78 is 39.4. The van der Waals surface area contributed by atoms with Crippen LogP contribution in [0.2, 0.25) is 0 Å². The van der Waals surface area contributed by atoms with Crippen molar-refractivity contribution >= 4 is 35.3 Å². The second-order valence-electron chi connectivity index (χ2n) is 14.1. The lowest BCUT2D eigenvalue weighted by molar-refractivity contribution is -0.147. The van der Waals surface area contributed by atoms with Gasteiger partial charge >= 0.3 is 12.2 Å². The summed E-state index contributed by atoms with van der Waals surface area (Å²) in [5.41, 5.74) is -0.854. The lowest BCUT2D eigenvalue weighted by Gasteiger charge is -2.37. The first-order chi connectivity index (χ1) is 21.2. The van der Waals surface area contributed by atoms with Crippen molar-refractivity contribution in [2.24, 2.45) is 29.1 Å². The zero-order valence-corrected chi connectivity index (χ0v) is 27.9. The van der Waals surface area contributed by atoms with E-state index < -0.39 is 84.1 Å². The Hall–Kier alpha value is -3.45. The number of carbonyl (C=O) groups is 6. The van der Waals surface area contributed by atoms with Gasteiger partial charge in [-0.3, -0.25) is 24.0 Å². The normalized spacial score (nSPS) is 20.5. The molecule has 2 aliphatic rings. The summed E-state index contributed by atoms with van der Waals surface area (Å²) >= 11 is 0. The number of Topliss-reactive ketones (excluding diaryl/α,β-unsaturated/α-hetero) is 2. The van der Waals surface area contributed by atoms with Crippen molar-refractivity contribution in [2.75, 3.05) is 13.1 Å². The molecule has 0 aromatic heterocycles. The zero-order chi connectivity index (χ0) is 35.1. The Balaban J connectivity index is 2.34. The van der Waals surface area contributed by atoms with Crippen LogP contribution in [-0.4, -0.2) is 83.7 Å². The second kappa shape index (κ2) is 15.9. The predicted molar refractivity (Wildman–Crippen MR) is 165 cm³/mol. The van der Waals surface area contributed by atoms with E-state index in [1.807, 2.05) is 27.7 Å². The monoisotopic (exact) mass is 657 g/mol. The highest BCUT2D eigenvalue weighted by molar-refractivity contribution is 6.38. The van der Waals surface area contributed by atoms with Gasteiger partial charge in [-0.05, 0) is 48.9 Å². The quantitative estimate of drug-likeness (QED) is 0.157. The van der Waals surface area contributed by atoms with Gasteiger partial charge in [0.1, 0.15) is 12.1 Å². The molecule has 1 aliphatic carbocycles. The van der Waals surface area contributed by atoms with E-state index in [2.05, 4.69) is 27.8 Å². The van der Waals surface area contributed by atoms with Gasteiger partial charge in [-0.25, -0.2) is 4.79 Å². The third kappa shape index (κ3) is 10.8. The third-order valence-corrected chi connectivity index (χ3v) is 8.46. The van der Waals surface area contributed by atoms with Crippen LogP contribution < -0.4 is 21.3 Å². The fraction of sp³-hybridized carbons (Fsp3) is 0.750. The summed E-state index contributed by atoms with van der Waals surface area (Å²) in [7, 11) is 0. The molecular weight excluding hydrogens is 607 g/mol. The van der Waals surface area contributed by atoms with Gasteiger partial charge in [-0.2, -0.15) is 13.2 Å². The van der Waals surface area contributed by atoms with Gasteiger partial charge in [0.25, 0.3) is 5.91 Å². The van der Waals surface area contributed by atoms with Crippen molar-refractivity contribution in [3.63, 3.8) is 0 Å². The molecule has 2 rings (SSSR count). The standard InChI is InChI=1S/C32H50F3N5O6/c1-9-15-36-28(44)25(42)21(12-14-32(33,34)35)37-27(43)23-20(17(2)3)13-16-40(23)29(45)26(31(6,7)8)39-30(46)38-22(18(4)5)24(41)19-10-11-19/h9,17-23,26H,1,10-16H2,2-8H3,(H,36,44)(H,37,43)(H2,38,39,46)/t20-,21?,22+,23+,26-/m1/s1. The van der Waals surface area contributed by atoms with E-state index in [1.165, 1.54) is 11.0 Å². The second-order valence-corrected chi connectivity index (χ2v) is 14.1. The van der Waals surface area contributed by atoms with E-state index in [0.29, 0.717) is 6.42 Å². The maximum absolute atomic E-state index is 14.1. The van der Waals surface area contributed by atoms with E-state index in [-0.39, 0.29) is 36.6 Å². The smallest absolute Gasteiger partial charge is 0.346 e. The van der Waals surface area contributed by atoms with Crippen LogP contribution in [0.1, 0.15) is 80.6 Å². The number of amides is 5. The van der Waals surface area contributed by atoms with Crippen LogP contribution in [0.25, 0.3) is 0 Å². The van der Waals surface area contributed by atoms with Crippen LogP contribution in [0.4, 0.5) is 18.0 Å². The number of hydrogen-bond acceptors (Lipinski definition) is 6. The van der Waals surface area contributed by atoms with Crippen LogP contribution in [0.5, 0.6) is 0 Å². The van der Waals surface area contributed by atoms with Gasteiger partial charge in [0.05, 0.1) is 12.1 Å². The number of rotatable bonds is 15. The lowest BCUT2D eigenvalue weighted by atomic mass is 9.84. The number of carbonyl (C=O) groups excluding carboxylic acids is 6. The summed E-state index contributed by atoms with van der Waals surface area (Å²) in [6.45, 7) is 15.9. The molecule has 5 atom stereocenters. The molecule has 14 heteroatoms. The van der Waals surface area contributed by atoms with Gasteiger partial charge in [0.2, 0.25) is 17.6 Å². The Morgan fingerprint density at radius 2 is 1.54 bits per heavy atom. The topological polar surface area (TPSA) is 154 Å². The molecule has 11 nitrogen and oxygen atoms in total. The van der Waals surface area contributed by atoms with Gasteiger partial charge < -0.3 is 26.2 Å². The Morgan fingerprint density at radius 1 is 0.935 bits per heavy atom. The largest absolute Gasteiger partial charge is 0.389 e. The summed E-state index contributed by atoms with van der Waals surface area (Å²) in [4.78, 5) is 80.4. The Morgan fingerprint density at radius 3 is 2.02 bits per heavy atom. The van der Waals surface area contributed by atoms with Crippen LogP contribution >= 0.6 is 0 Å². The van der Waals surface area contributed by atoms with Crippen LogP contribution in [0, 0.1) is 29.1 Å². The number of alkyl halides is 3. The molecule has 0 aromatic carbocycles. The van der Waals surface area contributed by atoms with Crippen LogP contribution in [0.3, 0.4) is 0 Å². The Labute approximate surface area is 269 Å². The van der Waals surface area contributed by atoms with Crippen LogP contribution in [0.15, 0.2) is 12.7 Å². The highest BCUT2D eigenvalue weighted by Crippen LogP contribution is 2.34. The number of nitrogens with zero attached hydrogens (tertiary/aromatic N) is 1. The molecule has 4 N–H and O–H groups in total. The minimum Gasteiger partial charge on any atom is -0.346 e. The summed E-state index contributed by atoms with van der Waals surface area (Å²) in [6, 6.07) is -5.58. The molecule has 260 valence electrons. The molecule has 46 heavy (non-hydrogen) atoms. The summed E-state index contributed by atoms with van der Waals surface area (Å²) in [6.07, 6.45) is -3.73.